The van der Waals surface area contributed by atoms with E-state index < -0.39 is 7.25 Å². The maximum Gasteiger partial charge on any atom is 1.00 e. The maximum atomic E-state index is 9.75. The first-order valence-corrected chi connectivity index (χ1v) is 0.873. The third-order valence-corrected chi connectivity index (χ3v) is 0. The Morgan fingerprint density at radius 3 is 0.750 bits per heavy atom. The van der Waals surface area contributed by atoms with Crippen molar-refractivity contribution in [1.82, 2.24) is 0 Å². The van der Waals surface area contributed by atoms with Crippen LogP contribution in [0, 0.1) is 0 Å². The van der Waals surface area contributed by atoms with Crippen LogP contribution in [0.15, 0.2) is 0 Å². The van der Waals surface area contributed by atoms with Gasteiger partial charge < -0.3 is 28.2 Å². The quantitative estimate of drug-likeness (QED) is 0.243. The van der Waals surface area contributed by atoms with Crippen LogP contribution in [0.2, 0.25) is 0 Å². The molecule has 0 bridgehead atoms. The van der Waals surface area contributed by atoms with Crippen LogP contribution in [0.3, 0.4) is 0 Å². The topological polar surface area (TPSA) is 63.0 Å². The maximum absolute atomic E-state index is 9.75. The Morgan fingerprint density at radius 1 is 0.750 bits per heavy atom. The smallest absolute Gasteiger partial charge is 0.418 e. The molecule has 8 heteroatoms. The monoisotopic (exact) mass is 130 g/mol. The average molecular weight is 130 g/mol. The van der Waals surface area contributed by atoms with E-state index >= 15 is 0 Å². The summed E-state index contributed by atoms with van der Waals surface area (Å²) in [6.07, 6.45) is 0. The first-order chi connectivity index (χ1) is 2.00. The molecular formula is H4BF4LiO2. The fourth-order valence-corrected chi connectivity index (χ4v) is 0. The van der Waals surface area contributed by atoms with Crippen molar-refractivity contribution in [2.24, 2.45) is 0 Å². The van der Waals surface area contributed by atoms with Crippen LogP contribution < -0.4 is 18.9 Å². The van der Waals surface area contributed by atoms with E-state index in [1.54, 1.807) is 0 Å². The molecule has 48 valence electrons. The van der Waals surface area contributed by atoms with Crippen LogP contribution in [0.1, 0.15) is 0 Å². The first kappa shape index (κ1) is 23.9. The minimum Gasteiger partial charge on any atom is -0.418 e. The Morgan fingerprint density at radius 2 is 0.750 bits per heavy atom. The van der Waals surface area contributed by atoms with Crippen molar-refractivity contribution >= 4 is 7.25 Å². The summed E-state index contributed by atoms with van der Waals surface area (Å²) < 4.78 is 39.0. The van der Waals surface area contributed by atoms with Gasteiger partial charge in [-0.25, -0.2) is 0 Å². The molecule has 0 fully saturated rings. The van der Waals surface area contributed by atoms with Gasteiger partial charge in [0, 0.05) is 0 Å². The summed E-state index contributed by atoms with van der Waals surface area (Å²) in [7, 11) is -6.00. The molecule has 4 N–H and O–H groups in total. The van der Waals surface area contributed by atoms with Crippen LogP contribution in [0.5, 0.6) is 0 Å². The molecule has 0 aliphatic heterocycles. The van der Waals surface area contributed by atoms with Crippen molar-refractivity contribution in [3.05, 3.63) is 0 Å². The minimum absolute atomic E-state index is 0. The SMILES string of the molecule is F[B-](F)(F)F.O.O.[Li+]. The standard InChI is InChI=1S/BF4.Li.2H2O/c2-1(3,4)5;;;/h;;2*1H2/q-1;+1;;. The van der Waals surface area contributed by atoms with Crippen LogP contribution in [0.4, 0.5) is 17.3 Å². The van der Waals surface area contributed by atoms with Crippen molar-refractivity contribution in [3.8, 4) is 0 Å². The molecule has 0 aromatic rings. The van der Waals surface area contributed by atoms with Gasteiger partial charge in [-0.3, -0.25) is 0 Å². The molecule has 0 aromatic heterocycles. The fraction of sp³-hybridized carbons (Fsp3) is 0. The Bertz CT molecular complexity index is 29.5. The normalized spacial score (nSPS) is 7.50. The van der Waals surface area contributed by atoms with Crippen molar-refractivity contribution in [1.29, 1.82) is 0 Å². The van der Waals surface area contributed by atoms with E-state index in [1.165, 1.54) is 0 Å². The Labute approximate surface area is 55.2 Å². The largest absolute Gasteiger partial charge is 1.00 e. The second-order valence-corrected chi connectivity index (χ2v) is 0.495. The second kappa shape index (κ2) is 7.30. The average Bonchev–Trinajstić information content (AvgIpc) is 0.722. The van der Waals surface area contributed by atoms with Crippen molar-refractivity contribution in [3.63, 3.8) is 0 Å². The van der Waals surface area contributed by atoms with Gasteiger partial charge in [0.05, 0.1) is 0 Å². The summed E-state index contributed by atoms with van der Waals surface area (Å²) in [6, 6.07) is 0. The van der Waals surface area contributed by atoms with Gasteiger partial charge in [-0.15, -0.1) is 0 Å². The van der Waals surface area contributed by atoms with Gasteiger partial charge >= 0.3 is 26.1 Å². The van der Waals surface area contributed by atoms with E-state index in [-0.39, 0.29) is 29.8 Å². The van der Waals surface area contributed by atoms with Gasteiger partial charge in [-0.1, -0.05) is 0 Å². The van der Waals surface area contributed by atoms with Crippen molar-refractivity contribution in [2.75, 3.05) is 0 Å². The van der Waals surface area contributed by atoms with E-state index in [2.05, 4.69) is 0 Å². The molecule has 0 amide bonds. The van der Waals surface area contributed by atoms with Crippen molar-refractivity contribution in [2.45, 2.75) is 0 Å². The van der Waals surface area contributed by atoms with E-state index in [0.717, 1.165) is 0 Å². The van der Waals surface area contributed by atoms with Crippen molar-refractivity contribution < 1.29 is 47.1 Å². The molecule has 0 spiro atoms. The first-order valence-electron chi connectivity index (χ1n) is 0.873. The fourth-order valence-electron chi connectivity index (χ4n) is 0. The molecular weight excluding hydrogens is 126 g/mol. The zero-order chi connectivity index (χ0) is 4.50. The van der Waals surface area contributed by atoms with E-state index in [4.69, 9.17) is 0 Å². The van der Waals surface area contributed by atoms with E-state index in [9.17, 15) is 17.3 Å². The molecule has 0 saturated heterocycles. The summed E-state index contributed by atoms with van der Waals surface area (Å²) in [5.74, 6) is 0. The third kappa shape index (κ3) is 1940. The Kier molecular flexibility index (Phi) is 21.8. The number of rotatable bonds is 0. The summed E-state index contributed by atoms with van der Waals surface area (Å²) in [4.78, 5) is 0. The summed E-state index contributed by atoms with van der Waals surface area (Å²) in [6.45, 7) is 0. The molecule has 0 atom stereocenters. The molecule has 8 heavy (non-hydrogen) atoms. The zero-order valence-electron chi connectivity index (χ0n) is 4.09. The summed E-state index contributed by atoms with van der Waals surface area (Å²) in [5.41, 5.74) is 0. The van der Waals surface area contributed by atoms with Crippen LogP contribution >= 0.6 is 0 Å². The van der Waals surface area contributed by atoms with Gasteiger partial charge in [-0.2, -0.15) is 0 Å². The Balaban J connectivity index is -0.0000000267. The Hall–Kier alpha value is 0.302. The van der Waals surface area contributed by atoms with Crippen LogP contribution in [0.25, 0.3) is 0 Å². The van der Waals surface area contributed by atoms with Gasteiger partial charge in [0.25, 0.3) is 0 Å². The molecule has 0 aliphatic rings. The van der Waals surface area contributed by atoms with Gasteiger partial charge in [0.1, 0.15) is 0 Å². The molecule has 0 aliphatic carbocycles. The molecule has 0 unspecified atom stereocenters. The molecule has 0 saturated carbocycles. The van der Waals surface area contributed by atoms with E-state index in [1.807, 2.05) is 0 Å². The number of hydrogen-bond acceptors (Lipinski definition) is 0. The molecule has 0 rings (SSSR count). The predicted molar refractivity (Wildman–Crippen MR) is 17.4 cm³/mol. The zero-order valence-corrected chi connectivity index (χ0v) is 4.09. The van der Waals surface area contributed by atoms with Gasteiger partial charge in [0.2, 0.25) is 0 Å². The molecule has 0 aromatic carbocycles. The molecule has 0 radical (unpaired) electrons. The molecule has 2 nitrogen and oxygen atoms in total. The minimum atomic E-state index is -6.00. The number of halogens is 4. The molecule has 0 heterocycles. The van der Waals surface area contributed by atoms with Crippen LogP contribution in [-0.2, 0) is 0 Å². The summed E-state index contributed by atoms with van der Waals surface area (Å²) >= 11 is 0. The van der Waals surface area contributed by atoms with Gasteiger partial charge in [-0.05, 0) is 0 Å². The van der Waals surface area contributed by atoms with E-state index in [0.29, 0.717) is 0 Å². The second-order valence-electron chi connectivity index (χ2n) is 0.495. The predicted octanol–water partition coefficient (Wildman–Crippen LogP) is -3.35. The third-order valence-electron chi connectivity index (χ3n) is 0. The number of hydrogen-bond donors (Lipinski definition) is 0. The van der Waals surface area contributed by atoms with Crippen LogP contribution in [-0.4, -0.2) is 18.2 Å². The van der Waals surface area contributed by atoms with Gasteiger partial charge in [0.15, 0.2) is 0 Å². The summed E-state index contributed by atoms with van der Waals surface area (Å²) in [5, 5.41) is 0.